The molecule has 1 aliphatic rings. The number of aromatic nitrogens is 5. The van der Waals surface area contributed by atoms with E-state index in [1.165, 1.54) is 12.4 Å². The van der Waals surface area contributed by atoms with Crippen LogP contribution in [0.1, 0.15) is 31.5 Å². The van der Waals surface area contributed by atoms with Crippen LogP contribution in [0.4, 0.5) is 10.2 Å². The molecule has 3 heterocycles. The Morgan fingerprint density at radius 2 is 2.21 bits per heavy atom. The molecule has 24 heavy (non-hydrogen) atoms. The number of anilines is 1. The van der Waals surface area contributed by atoms with Gasteiger partial charge in [0.1, 0.15) is 35.6 Å². The molecule has 1 atom stereocenters. The molecule has 0 N–H and O–H groups in total. The monoisotopic (exact) mass is 326 g/mol. The minimum Gasteiger partial charge on any atom is -0.355 e. The molecule has 0 spiro atoms. The highest BCUT2D eigenvalue weighted by Gasteiger charge is 2.27. The summed E-state index contributed by atoms with van der Waals surface area (Å²) in [5.74, 6) is 1.81. The van der Waals surface area contributed by atoms with Crippen molar-refractivity contribution in [3.63, 3.8) is 0 Å². The van der Waals surface area contributed by atoms with Crippen LogP contribution in [0.15, 0.2) is 30.9 Å². The van der Waals surface area contributed by atoms with Crippen molar-refractivity contribution in [3.05, 3.63) is 42.5 Å². The second-order valence-electron chi connectivity index (χ2n) is 6.09. The lowest BCUT2D eigenvalue weighted by Crippen LogP contribution is -2.36. The molecule has 2 aromatic heterocycles. The van der Waals surface area contributed by atoms with E-state index in [0.717, 1.165) is 49.5 Å². The quantitative estimate of drug-likeness (QED) is 0.741. The summed E-state index contributed by atoms with van der Waals surface area (Å²) in [5.41, 5.74) is 0.376. The van der Waals surface area contributed by atoms with E-state index in [9.17, 15) is 4.39 Å². The van der Waals surface area contributed by atoms with Crippen molar-refractivity contribution in [2.45, 2.75) is 32.2 Å². The summed E-state index contributed by atoms with van der Waals surface area (Å²) in [7, 11) is 0. The molecule has 1 saturated heterocycles. The molecule has 4 rings (SSSR count). The fraction of sp³-hybridized carbons (Fsp3) is 0.412. The first kappa shape index (κ1) is 15.0. The summed E-state index contributed by atoms with van der Waals surface area (Å²) in [4.78, 5) is 10.7. The molecule has 6 nitrogen and oxygen atoms in total. The second kappa shape index (κ2) is 6.14. The average Bonchev–Trinajstić information content (AvgIpc) is 3.11. The van der Waals surface area contributed by atoms with Gasteiger partial charge in [-0.3, -0.25) is 0 Å². The van der Waals surface area contributed by atoms with Crippen molar-refractivity contribution >= 4 is 16.7 Å². The predicted octanol–water partition coefficient (Wildman–Crippen LogP) is 2.76. The highest BCUT2D eigenvalue weighted by atomic mass is 19.1. The van der Waals surface area contributed by atoms with Crippen LogP contribution in [0.5, 0.6) is 0 Å². The van der Waals surface area contributed by atoms with Crippen molar-refractivity contribution in [1.29, 1.82) is 0 Å². The third-order valence-electron chi connectivity index (χ3n) is 4.67. The highest BCUT2D eigenvalue weighted by molar-refractivity contribution is 5.89. The molecule has 3 aromatic rings. The molecule has 0 radical (unpaired) electrons. The Balaban J connectivity index is 1.69. The van der Waals surface area contributed by atoms with Gasteiger partial charge in [-0.2, -0.15) is 0 Å². The van der Waals surface area contributed by atoms with E-state index >= 15 is 0 Å². The van der Waals surface area contributed by atoms with Crippen LogP contribution in [0.2, 0.25) is 0 Å². The Hall–Kier alpha value is -2.57. The summed E-state index contributed by atoms with van der Waals surface area (Å²) in [5, 5.41) is 9.11. The largest absolute Gasteiger partial charge is 0.355 e. The van der Waals surface area contributed by atoms with Gasteiger partial charge in [-0.25, -0.2) is 14.4 Å². The number of para-hydroxylation sites is 1. The van der Waals surface area contributed by atoms with Crippen LogP contribution in [-0.2, 0) is 6.54 Å². The van der Waals surface area contributed by atoms with Crippen molar-refractivity contribution in [3.8, 4) is 0 Å². The van der Waals surface area contributed by atoms with Crippen molar-refractivity contribution in [2.75, 3.05) is 18.0 Å². The van der Waals surface area contributed by atoms with E-state index in [4.69, 9.17) is 0 Å². The zero-order valence-electron chi connectivity index (χ0n) is 13.6. The van der Waals surface area contributed by atoms with Crippen LogP contribution in [0.3, 0.4) is 0 Å². The Bertz CT molecular complexity index is 861. The summed E-state index contributed by atoms with van der Waals surface area (Å²) in [6, 6.07) is 5.02. The number of fused-ring (bicyclic) bond motifs is 1. The molecule has 1 aromatic carbocycles. The van der Waals surface area contributed by atoms with E-state index in [1.807, 2.05) is 6.07 Å². The SMILES string of the molecule is CCn1cnnc1C1CCCN(c2ncnc3c(F)cccc23)C1. The van der Waals surface area contributed by atoms with Crippen molar-refractivity contribution in [2.24, 2.45) is 0 Å². The first-order chi connectivity index (χ1) is 11.8. The number of aryl methyl sites for hydroxylation is 1. The lowest BCUT2D eigenvalue weighted by molar-refractivity contribution is 0.471. The van der Waals surface area contributed by atoms with Gasteiger partial charge in [0.25, 0.3) is 0 Å². The zero-order chi connectivity index (χ0) is 16.5. The number of piperidine rings is 1. The van der Waals surface area contributed by atoms with Crippen molar-refractivity contribution < 1.29 is 4.39 Å². The highest BCUT2D eigenvalue weighted by Crippen LogP contribution is 2.31. The molecule has 0 bridgehead atoms. The molecule has 0 amide bonds. The van der Waals surface area contributed by atoms with E-state index in [-0.39, 0.29) is 5.82 Å². The second-order valence-corrected chi connectivity index (χ2v) is 6.09. The van der Waals surface area contributed by atoms with Crippen LogP contribution in [0, 0.1) is 5.82 Å². The maximum atomic E-state index is 14.0. The van der Waals surface area contributed by atoms with E-state index in [0.29, 0.717) is 11.4 Å². The first-order valence-corrected chi connectivity index (χ1v) is 8.29. The number of benzene rings is 1. The van der Waals surface area contributed by atoms with Gasteiger partial charge in [0.2, 0.25) is 0 Å². The van der Waals surface area contributed by atoms with Crippen LogP contribution in [-0.4, -0.2) is 37.8 Å². The van der Waals surface area contributed by atoms with Gasteiger partial charge in [0, 0.05) is 30.9 Å². The van der Waals surface area contributed by atoms with Gasteiger partial charge in [-0.05, 0) is 31.9 Å². The van der Waals surface area contributed by atoms with E-state index in [2.05, 4.69) is 36.6 Å². The topological polar surface area (TPSA) is 59.7 Å². The minimum absolute atomic E-state index is 0.305. The summed E-state index contributed by atoms with van der Waals surface area (Å²) < 4.78 is 16.1. The number of nitrogens with zero attached hydrogens (tertiary/aromatic N) is 6. The standard InChI is InChI=1S/C17H19FN6/c1-2-23-11-21-22-16(23)12-5-4-8-24(9-12)17-13-6-3-7-14(18)15(13)19-10-20-17/h3,6-7,10-12H,2,4-5,8-9H2,1H3. The van der Waals surface area contributed by atoms with E-state index in [1.54, 1.807) is 12.4 Å². The fourth-order valence-electron chi connectivity index (χ4n) is 3.49. The third kappa shape index (κ3) is 2.50. The zero-order valence-corrected chi connectivity index (χ0v) is 13.6. The van der Waals surface area contributed by atoms with Gasteiger partial charge in [-0.15, -0.1) is 10.2 Å². The van der Waals surface area contributed by atoms with Gasteiger partial charge < -0.3 is 9.47 Å². The van der Waals surface area contributed by atoms with Crippen LogP contribution >= 0.6 is 0 Å². The Morgan fingerprint density at radius 3 is 3.08 bits per heavy atom. The molecule has 7 heteroatoms. The van der Waals surface area contributed by atoms with Crippen LogP contribution < -0.4 is 4.90 Å². The van der Waals surface area contributed by atoms with Gasteiger partial charge >= 0.3 is 0 Å². The van der Waals surface area contributed by atoms with Crippen LogP contribution in [0.25, 0.3) is 10.9 Å². The number of hydrogen-bond donors (Lipinski definition) is 0. The molecular formula is C17H19FN6. The fourth-order valence-corrected chi connectivity index (χ4v) is 3.49. The molecule has 0 aliphatic carbocycles. The van der Waals surface area contributed by atoms with Gasteiger partial charge in [-0.1, -0.05) is 6.07 Å². The molecule has 0 saturated carbocycles. The van der Waals surface area contributed by atoms with Gasteiger partial charge in [0.15, 0.2) is 0 Å². The number of hydrogen-bond acceptors (Lipinski definition) is 5. The number of halogens is 1. The third-order valence-corrected chi connectivity index (χ3v) is 4.67. The molecule has 1 fully saturated rings. The smallest absolute Gasteiger partial charge is 0.149 e. The first-order valence-electron chi connectivity index (χ1n) is 8.29. The summed E-state index contributed by atoms with van der Waals surface area (Å²) in [6.07, 6.45) is 5.34. The molecular weight excluding hydrogens is 307 g/mol. The Labute approximate surface area is 139 Å². The minimum atomic E-state index is -0.310. The molecule has 1 unspecified atom stereocenters. The lowest BCUT2D eigenvalue weighted by Gasteiger charge is -2.33. The maximum absolute atomic E-state index is 14.0. The van der Waals surface area contributed by atoms with E-state index < -0.39 is 0 Å². The number of rotatable bonds is 3. The summed E-state index contributed by atoms with van der Waals surface area (Å²) >= 11 is 0. The molecule has 124 valence electrons. The lowest BCUT2D eigenvalue weighted by atomic mass is 9.96. The van der Waals surface area contributed by atoms with Crippen molar-refractivity contribution in [1.82, 2.24) is 24.7 Å². The maximum Gasteiger partial charge on any atom is 0.149 e. The predicted molar refractivity (Wildman–Crippen MR) is 89.4 cm³/mol. The Morgan fingerprint density at radius 1 is 1.29 bits per heavy atom. The normalized spacial score (nSPS) is 18.2. The summed E-state index contributed by atoms with van der Waals surface area (Å²) in [6.45, 7) is 4.66. The van der Waals surface area contributed by atoms with Gasteiger partial charge in [0.05, 0.1) is 0 Å². The Kier molecular flexibility index (Phi) is 3.84. The average molecular weight is 326 g/mol. The molecule has 1 aliphatic heterocycles.